The average molecular weight is 402 g/mol. The second-order valence-electron chi connectivity index (χ2n) is 7.17. The van der Waals surface area contributed by atoms with Crippen LogP contribution in [0.3, 0.4) is 0 Å². The molecule has 0 amide bonds. The van der Waals surface area contributed by atoms with Crippen LogP contribution in [-0.2, 0) is 32.2 Å². The molecule has 0 spiro atoms. The predicted octanol–water partition coefficient (Wildman–Crippen LogP) is 3.14. The van der Waals surface area contributed by atoms with Crippen LogP contribution < -0.4 is 0 Å². The van der Waals surface area contributed by atoms with Crippen LogP contribution in [0.15, 0.2) is 72.2 Å². The van der Waals surface area contributed by atoms with Gasteiger partial charge in [-0.1, -0.05) is 60.7 Å². The number of ether oxygens (including phenoxy) is 4. The second kappa shape index (κ2) is 9.89. The van der Waals surface area contributed by atoms with Crippen molar-refractivity contribution in [1.82, 2.24) is 0 Å². The summed E-state index contributed by atoms with van der Waals surface area (Å²) in [5.41, 5.74) is 1.57. The minimum atomic E-state index is -2.89. The summed E-state index contributed by atoms with van der Waals surface area (Å²) in [5, 5.41) is 21.2. The van der Waals surface area contributed by atoms with E-state index < -0.39 is 30.3 Å². The largest absolute Gasteiger partial charge is 0.487 e. The lowest BCUT2D eigenvalue weighted by atomic mass is 10.1. The van der Waals surface area contributed by atoms with Crippen LogP contribution in [-0.4, -0.2) is 41.4 Å². The first-order valence-electron chi connectivity index (χ1n) is 10.5. The van der Waals surface area contributed by atoms with Gasteiger partial charge < -0.3 is 29.2 Å². The first kappa shape index (κ1) is 18.6. The summed E-state index contributed by atoms with van der Waals surface area (Å²) in [6.45, 7) is 0.634. The Morgan fingerprint density at radius 1 is 1.07 bits per heavy atom. The van der Waals surface area contributed by atoms with Crippen molar-refractivity contribution in [2.45, 2.75) is 45.1 Å². The molecule has 0 aliphatic carbocycles. The maximum atomic E-state index is 11.0. The zero-order valence-electron chi connectivity index (χ0n) is 18.6. The summed E-state index contributed by atoms with van der Waals surface area (Å²) < 4.78 is 38.5. The molecule has 1 saturated heterocycles. The normalized spacial score (nSPS) is 21.6. The van der Waals surface area contributed by atoms with Gasteiger partial charge in [0.1, 0.15) is 32.0 Å². The fraction of sp³-hybridized carbons (Fsp3) is 0.391. The molecule has 6 heteroatoms. The summed E-state index contributed by atoms with van der Waals surface area (Å²) in [6.07, 6.45) is -2.24. The Bertz CT molecular complexity index is 865. The molecule has 0 unspecified atom stereocenters. The van der Waals surface area contributed by atoms with Crippen molar-refractivity contribution in [2.75, 3.05) is 13.2 Å². The quantitative estimate of drug-likeness (QED) is 0.628. The Balaban J connectivity index is 1.91. The molecular weight excluding hydrogens is 372 g/mol. The summed E-state index contributed by atoms with van der Waals surface area (Å²) in [4.78, 5) is 0. The van der Waals surface area contributed by atoms with Crippen molar-refractivity contribution in [3.63, 3.8) is 0 Å². The Morgan fingerprint density at radius 3 is 2.10 bits per heavy atom. The highest BCUT2D eigenvalue weighted by molar-refractivity contribution is 5.17. The highest BCUT2D eigenvalue weighted by Gasteiger charge is 2.40. The van der Waals surface area contributed by atoms with Crippen LogP contribution in [0.5, 0.6) is 0 Å². The zero-order valence-corrected chi connectivity index (χ0v) is 16.6. The summed E-state index contributed by atoms with van der Waals surface area (Å²) in [7, 11) is 0. The molecule has 0 bridgehead atoms. The first-order chi connectivity index (χ1) is 14.7. The maximum absolute atomic E-state index is 11.0. The van der Waals surface area contributed by atoms with Crippen molar-refractivity contribution in [1.29, 1.82) is 0 Å². The van der Waals surface area contributed by atoms with E-state index in [9.17, 15) is 10.2 Å². The molecule has 2 N–H and O–H groups in total. The number of rotatable bonds is 9. The Labute approximate surface area is 174 Å². The molecule has 0 saturated carbocycles. The molecule has 6 nitrogen and oxygen atoms in total. The van der Waals surface area contributed by atoms with Crippen LogP contribution in [0.1, 0.15) is 27.7 Å². The van der Waals surface area contributed by atoms with Crippen LogP contribution in [0.25, 0.3) is 0 Å². The number of aliphatic hydroxyl groups is 2. The minimum absolute atomic E-state index is 0.0192. The van der Waals surface area contributed by atoms with E-state index in [2.05, 4.69) is 0 Å². The van der Waals surface area contributed by atoms with E-state index in [-0.39, 0.29) is 25.6 Å². The van der Waals surface area contributed by atoms with Gasteiger partial charge in [-0.2, -0.15) is 0 Å². The van der Waals surface area contributed by atoms with Gasteiger partial charge in [0.25, 0.3) is 0 Å². The number of aliphatic hydroxyl groups excluding tert-OH is 1. The van der Waals surface area contributed by atoms with Gasteiger partial charge >= 0.3 is 0 Å². The molecule has 1 aliphatic heterocycles. The van der Waals surface area contributed by atoms with Crippen molar-refractivity contribution >= 4 is 0 Å². The van der Waals surface area contributed by atoms with E-state index in [1.807, 2.05) is 60.7 Å². The van der Waals surface area contributed by atoms with Crippen molar-refractivity contribution < 1.29 is 31.9 Å². The van der Waals surface area contributed by atoms with Gasteiger partial charge in [-0.25, -0.2) is 0 Å². The maximum Gasteiger partial charge on any atom is 0.168 e. The van der Waals surface area contributed by atoms with E-state index in [1.54, 1.807) is 13.8 Å². The smallest absolute Gasteiger partial charge is 0.168 e. The number of hydrogen-bond acceptors (Lipinski definition) is 6. The SMILES string of the molecule is [2H]C([2H])(O)/C(OCc1ccccc1)=C(/OCc1ccccc1)[C@H](O)[C@@H]1COC(C)(C)O1. The van der Waals surface area contributed by atoms with Gasteiger partial charge in [0.2, 0.25) is 0 Å². The molecule has 156 valence electrons. The third-order valence-electron chi connectivity index (χ3n) is 4.44. The molecular formula is C23H28O6. The van der Waals surface area contributed by atoms with Crippen molar-refractivity contribution in [3.8, 4) is 0 Å². The lowest BCUT2D eigenvalue weighted by Crippen LogP contribution is -2.34. The van der Waals surface area contributed by atoms with Gasteiger partial charge in [0.05, 0.1) is 9.35 Å². The van der Waals surface area contributed by atoms with Crippen LogP contribution in [0.4, 0.5) is 0 Å². The molecule has 1 fully saturated rings. The Kier molecular flexibility index (Phi) is 6.36. The standard InChI is InChI=1S/C23H28O6/c1-23(2)28-16-20(29-23)21(25)22(27-15-18-11-7-4-8-12-18)19(13-24)26-14-17-9-5-3-6-10-17/h3-12,20-21,24-25H,13-16H2,1-2H3/b22-19-/t20-,21+/m0/s1/i13D2. The van der Waals surface area contributed by atoms with E-state index in [0.717, 1.165) is 11.1 Å². The molecule has 1 heterocycles. The molecule has 2 aromatic carbocycles. The van der Waals surface area contributed by atoms with Crippen molar-refractivity contribution in [3.05, 3.63) is 83.3 Å². The van der Waals surface area contributed by atoms with E-state index in [1.165, 1.54) is 0 Å². The molecule has 2 aromatic rings. The van der Waals surface area contributed by atoms with Crippen LogP contribution in [0, 0.1) is 0 Å². The molecule has 1 aliphatic rings. The fourth-order valence-electron chi connectivity index (χ4n) is 2.95. The lowest BCUT2D eigenvalue weighted by Gasteiger charge is -2.24. The van der Waals surface area contributed by atoms with Gasteiger partial charge in [-0.05, 0) is 25.0 Å². The van der Waals surface area contributed by atoms with Gasteiger partial charge in [-0.3, -0.25) is 0 Å². The number of hydrogen-bond donors (Lipinski definition) is 2. The topological polar surface area (TPSA) is 77.4 Å². The molecule has 29 heavy (non-hydrogen) atoms. The van der Waals surface area contributed by atoms with Crippen molar-refractivity contribution in [2.24, 2.45) is 0 Å². The first-order valence-corrected chi connectivity index (χ1v) is 9.46. The summed E-state index contributed by atoms with van der Waals surface area (Å²) >= 11 is 0. The molecule has 2 atom stereocenters. The lowest BCUT2D eigenvalue weighted by molar-refractivity contribution is -0.151. The Hall–Kier alpha value is -2.38. The predicted molar refractivity (Wildman–Crippen MR) is 107 cm³/mol. The highest BCUT2D eigenvalue weighted by atomic mass is 16.7. The monoisotopic (exact) mass is 402 g/mol. The third-order valence-corrected chi connectivity index (χ3v) is 4.44. The average Bonchev–Trinajstić information content (AvgIpc) is 3.10. The fourth-order valence-corrected chi connectivity index (χ4v) is 2.95. The van der Waals surface area contributed by atoms with E-state index in [4.69, 9.17) is 21.7 Å². The van der Waals surface area contributed by atoms with Crippen LogP contribution >= 0.6 is 0 Å². The molecule has 0 aromatic heterocycles. The summed E-state index contributed by atoms with van der Waals surface area (Å²) in [5.74, 6) is -1.65. The Morgan fingerprint density at radius 2 is 1.62 bits per heavy atom. The van der Waals surface area contributed by atoms with E-state index in [0.29, 0.717) is 0 Å². The highest BCUT2D eigenvalue weighted by Crippen LogP contribution is 2.29. The van der Waals surface area contributed by atoms with Gasteiger partial charge in [-0.15, -0.1) is 0 Å². The summed E-state index contributed by atoms with van der Waals surface area (Å²) in [6, 6.07) is 18.3. The number of benzene rings is 2. The van der Waals surface area contributed by atoms with Crippen LogP contribution in [0.2, 0.25) is 0 Å². The second-order valence-corrected chi connectivity index (χ2v) is 7.17. The van der Waals surface area contributed by atoms with Gasteiger partial charge in [0.15, 0.2) is 17.3 Å². The van der Waals surface area contributed by atoms with Gasteiger partial charge in [0, 0.05) is 0 Å². The molecule has 3 rings (SSSR count). The molecule has 0 radical (unpaired) electrons. The minimum Gasteiger partial charge on any atom is -0.487 e. The van der Waals surface area contributed by atoms with E-state index >= 15 is 0 Å². The zero-order chi connectivity index (χ0) is 22.5. The third kappa shape index (κ3) is 6.05.